The number of thiazole rings is 1. The number of rotatable bonds is 3. The predicted molar refractivity (Wildman–Crippen MR) is 83.7 cm³/mol. The minimum absolute atomic E-state index is 0.265. The molecule has 1 N–H and O–H groups in total. The first-order chi connectivity index (χ1) is 10.2. The van der Waals surface area contributed by atoms with Crippen LogP contribution in [0.15, 0.2) is 54.6 Å². The average molecular weight is 298 g/mol. The third kappa shape index (κ3) is 3.32. The van der Waals surface area contributed by atoms with Gasteiger partial charge in [0, 0.05) is 6.08 Å². The Kier molecular flexibility index (Phi) is 3.75. The van der Waals surface area contributed by atoms with Gasteiger partial charge in [0.1, 0.15) is 5.82 Å². The largest absolute Gasteiger partial charge is 0.298 e. The molecule has 0 aliphatic rings. The number of nitrogens with zero attached hydrogens (tertiary/aromatic N) is 1. The summed E-state index contributed by atoms with van der Waals surface area (Å²) in [6, 6.07) is 13.6. The molecule has 5 heteroatoms. The summed E-state index contributed by atoms with van der Waals surface area (Å²) < 4.78 is 13.8. The van der Waals surface area contributed by atoms with Crippen LogP contribution < -0.4 is 5.32 Å². The Balaban J connectivity index is 1.69. The molecule has 3 nitrogen and oxygen atoms in total. The maximum absolute atomic E-state index is 12.8. The third-order valence-corrected chi connectivity index (χ3v) is 3.77. The predicted octanol–water partition coefficient (Wildman–Crippen LogP) is 4.09. The highest BCUT2D eigenvalue weighted by atomic mass is 32.1. The molecule has 21 heavy (non-hydrogen) atoms. The minimum Gasteiger partial charge on any atom is -0.298 e. The van der Waals surface area contributed by atoms with Crippen molar-refractivity contribution < 1.29 is 9.18 Å². The zero-order valence-electron chi connectivity index (χ0n) is 10.9. The summed E-state index contributed by atoms with van der Waals surface area (Å²) in [5, 5.41) is 3.28. The van der Waals surface area contributed by atoms with Gasteiger partial charge < -0.3 is 0 Å². The number of anilines is 1. The van der Waals surface area contributed by atoms with Gasteiger partial charge in [-0.05, 0) is 35.9 Å². The lowest BCUT2D eigenvalue weighted by molar-refractivity contribution is -0.111. The minimum atomic E-state index is -0.300. The first kappa shape index (κ1) is 13.5. The highest BCUT2D eigenvalue weighted by molar-refractivity contribution is 7.22. The number of hydrogen-bond acceptors (Lipinski definition) is 3. The topological polar surface area (TPSA) is 42.0 Å². The Bertz CT molecular complexity index is 776. The van der Waals surface area contributed by atoms with E-state index in [1.807, 2.05) is 24.3 Å². The summed E-state index contributed by atoms with van der Waals surface area (Å²) in [6.45, 7) is 0. The van der Waals surface area contributed by atoms with Gasteiger partial charge in [-0.25, -0.2) is 9.37 Å². The van der Waals surface area contributed by atoms with Crippen molar-refractivity contribution in [1.82, 2.24) is 4.98 Å². The van der Waals surface area contributed by atoms with E-state index in [-0.39, 0.29) is 11.7 Å². The fourth-order valence-corrected chi connectivity index (χ4v) is 2.69. The van der Waals surface area contributed by atoms with E-state index in [4.69, 9.17) is 0 Å². The van der Waals surface area contributed by atoms with Crippen molar-refractivity contribution in [3.8, 4) is 0 Å². The number of halogens is 1. The third-order valence-electron chi connectivity index (χ3n) is 2.82. The maximum atomic E-state index is 12.8. The zero-order valence-corrected chi connectivity index (χ0v) is 11.7. The average Bonchev–Trinajstić information content (AvgIpc) is 2.88. The number of benzene rings is 2. The lowest BCUT2D eigenvalue weighted by atomic mass is 10.2. The lowest BCUT2D eigenvalue weighted by Crippen LogP contribution is -2.07. The molecule has 1 aromatic heterocycles. The second-order valence-corrected chi connectivity index (χ2v) is 5.39. The normalized spacial score (nSPS) is 11.1. The molecule has 1 heterocycles. The highest BCUT2D eigenvalue weighted by Crippen LogP contribution is 2.25. The van der Waals surface area contributed by atoms with Crippen molar-refractivity contribution in [2.24, 2.45) is 0 Å². The number of hydrogen-bond donors (Lipinski definition) is 1. The van der Waals surface area contributed by atoms with Gasteiger partial charge >= 0.3 is 0 Å². The van der Waals surface area contributed by atoms with Crippen LogP contribution >= 0.6 is 11.3 Å². The molecule has 0 unspecified atom stereocenters. The van der Waals surface area contributed by atoms with Gasteiger partial charge in [-0.2, -0.15) is 0 Å². The molecule has 0 atom stereocenters. The van der Waals surface area contributed by atoms with E-state index in [0.29, 0.717) is 5.13 Å². The summed E-state index contributed by atoms with van der Waals surface area (Å²) in [7, 11) is 0. The van der Waals surface area contributed by atoms with E-state index in [0.717, 1.165) is 15.8 Å². The van der Waals surface area contributed by atoms with Crippen molar-refractivity contribution in [1.29, 1.82) is 0 Å². The number of amides is 1. The molecule has 0 aliphatic carbocycles. The molecule has 3 rings (SSSR count). The Hall–Kier alpha value is -2.53. The van der Waals surface area contributed by atoms with Crippen LogP contribution in [0.5, 0.6) is 0 Å². The molecule has 0 spiro atoms. The van der Waals surface area contributed by atoms with E-state index >= 15 is 0 Å². The first-order valence-electron chi connectivity index (χ1n) is 6.31. The molecule has 0 aliphatic heterocycles. The SMILES string of the molecule is O=C(/C=C/c1ccc(F)cc1)Nc1nc2ccccc2s1. The van der Waals surface area contributed by atoms with Crippen molar-refractivity contribution in [2.45, 2.75) is 0 Å². The Morgan fingerprint density at radius 2 is 1.90 bits per heavy atom. The van der Waals surface area contributed by atoms with Gasteiger partial charge in [0.25, 0.3) is 0 Å². The number of carbonyl (C=O) groups is 1. The summed E-state index contributed by atoms with van der Waals surface area (Å²) in [4.78, 5) is 16.1. The molecule has 0 bridgehead atoms. The van der Waals surface area contributed by atoms with E-state index in [1.165, 1.54) is 29.5 Å². The van der Waals surface area contributed by atoms with Crippen molar-refractivity contribution >= 4 is 38.7 Å². The van der Waals surface area contributed by atoms with Crippen LogP contribution in [-0.2, 0) is 4.79 Å². The zero-order chi connectivity index (χ0) is 14.7. The molecular weight excluding hydrogens is 287 g/mol. The van der Waals surface area contributed by atoms with Crippen molar-refractivity contribution in [2.75, 3.05) is 5.32 Å². The highest BCUT2D eigenvalue weighted by Gasteiger charge is 2.04. The lowest BCUT2D eigenvalue weighted by Gasteiger charge is -1.96. The Morgan fingerprint density at radius 1 is 1.14 bits per heavy atom. The van der Waals surface area contributed by atoms with Crippen LogP contribution in [-0.4, -0.2) is 10.9 Å². The van der Waals surface area contributed by atoms with Gasteiger partial charge in [-0.3, -0.25) is 10.1 Å². The number of para-hydroxylation sites is 1. The van der Waals surface area contributed by atoms with Crippen LogP contribution in [0.25, 0.3) is 16.3 Å². The van der Waals surface area contributed by atoms with Crippen LogP contribution in [0.3, 0.4) is 0 Å². The smallest absolute Gasteiger partial charge is 0.250 e. The second-order valence-electron chi connectivity index (χ2n) is 4.36. The Labute approximate surface area is 124 Å². The van der Waals surface area contributed by atoms with Crippen LogP contribution in [0, 0.1) is 5.82 Å². The molecule has 0 saturated carbocycles. The fraction of sp³-hybridized carbons (Fsp3) is 0. The van der Waals surface area contributed by atoms with Crippen LogP contribution in [0.1, 0.15) is 5.56 Å². The van der Waals surface area contributed by atoms with E-state index in [1.54, 1.807) is 18.2 Å². The fourth-order valence-electron chi connectivity index (χ4n) is 1.82. The summed E-state index contributed by atoms with van der Waals surface area (Å²) in [5.74, 6) is -0.565. The van der Waals surface area contributed by atoms with Crippen LogP contribution in [0.2, 0.25) is 0 Å². The molecule has 0 saturated heterocycles. The Morgan fingerprint density at radius 3 is 2.67 bits per heavy atom. The number of aromatic nitrogens is 1. The quantitative estimate of drug-likeness (QED) is 0.740. The molecule has 1 amide bonds. The number of carbonyl (C=O) groups excluding carboxylic acids is 1. The van der Waals surface area contributed by atoms with E-state index < -0.39 is 0 Å². The summed E-state index contributed by atoms with van der Waals surface area (Å²) in [6.07, 6.45) is 3.03. The standard InChI is InChI=1S/C16H11FN2OS/c17-12-8-5-11(6-9-12)7-10-15(20)19-16-18-13-3-1-2-4-14(13)21-16/h1-10H,(H,18,19,20)/b10-7+. The van der Waals surface area contributed by atoms with E-state index in [9.17, 15) is 9.18 Å². The maximum Gasteiger partial charge on any atom is 0.250 e. The summed E-state index contributed by atoms with van der Waals surface area (Å²) >= 11 is 1.42. The number of nitrogens with one attached hydrogen (secondary N) is 1. The molecule has 3 aromatic rings. The van der Waals surface area contributed by atoms with E-state index in [2.05, 4.69) is 10.3 Å². The van der Waals surface area contributed by atoms with Gasteiger partial charge in [0.2, 0.25) is 5.91 Å². The second kappa shape index (κ2) is 5.85. The molecule has 0 radical (unpaired) electrons. The molecule has 2 aromatic carbocycles. The van der Waals surface area contributed by atoms with Gasteiger partial charge in [0.15, 0.2) is 5.13 Å². The van der Waals surface area contributed by atoms with Crippen LogP contribution in [0.4, 0.5) is 9.52 Å². The van der Waals surface area contributed by atoms with Gasteiger partial charge in [0.05, 0.1) is 10.2 Å². The van der Waals surface area contributed by atoms with Gasteiger partial charge in [-0.15, -0.1) is 0 Å². The summed E-state index contributed by atoms with van der Waals surface area (Å²) in [5.41, 5.74) is 1.62. The van der Waals surface area contributed by atoms with Gasteiger partial charge in [-0.1, -0.05) is 35.6 Å². The van der Waals surface area contributed by atoms with Crippen molar-refractivity contribution in [3.63, 3.8) is 0 Å². The monoisotopic (exact) mass is 298 g/mol. The number of fused-ring (bicyclic) bond motifs is 1. The first-order valence-corrected chi connectivity index (χ1v) is 7.12. The molecule has 104 valence electrons. The molecular formula is C16H11FN2OS. The molecule has 0 fully saturated rings. The van der Waals surface area contributed by atoms with Crippen molar-refractivity contribution in [3.05, 3.63) is 66.0 Å².